The molecule has 1 amide bonds. The SMILES string of the molecule is Cc1nnc(SCC(=O)N/N=C2\CC3CCC2(C)C3(C)C)s1. The third-order valence-corrected chi connectivity index (χ3v) is 7.63. The van der Waals surface area contributed by atoms with Gasteiger partial charge in [0.2, 0.25) is 0 Å². The molecule has 1 aromatic rings. The highest BCUT2D eigenvalue weighted by Gasteiger charge is 2.59. The number of hydrogen-bond donors (Lipinski definition) is 1. The lowest BCUT2D eigenvalue weighted by atomic mass is 9.70. The van der Waals surface area contributed by atoms with Crippen molar-refractivity contribution >= 4 is 34.7 Å². The highest BCUT2D eigenvalue weighted by atomic mass is 32.2. The van der Waals surface area contributed by atoms with E-state index in [0.717, 1.165) is 15.8 Å². The molecule has 0 spiro atoms. The van der Waals surface area contributed by atoms with E-state index in [1.54, 1.807) is 0 Å². The molecule has 22 heavy (non-hydrogen) atoms. The van der Waals surface area contributed by atoms with Gasteiger partial charge in [-0.2, -0.15) is 5.10 Å². The monoisotopic (exact) mass is 338 g/mol. The maximum absolute atomic E-state index is 12.0. The van der Waals surface area contributed by atoms with E-state index < -0.39 is 0 Å². The van der Waals surface area contributed by atoms with Gasteiger partial charge >= 0.3 is 0 Å². The number of fused-ring (bicyclic) bond motifs is 2. The lowest BCUT2D eigenvalue weighted by Gasteiger charge is -2.34. The van der Waals surface area contributed by atoms with Gasteiger partial charge in [-0.25, -0.2) is 5.43 Å². The summed E-state index contributed by atoms with van der Waals surface area (Å²) in [6.07, 6.45) is 3.48. The molecule has 2 unspecified atom stereocenters. The van der Waals surface area contributed by atoms with Gasteiger partial charge in [-0.1, -0.05) is 43.9 Å². The van der Waals surface area contributed by atoms with Gasteiger partial charge < -0.3 is 0 Å². The van der Waals surface area contributed by atoms with Crippen LogP contribution in [-0.2, 0) is 4.79 Å². The van der Waals surface area contributed by atoms with Crippen molar-refractivity contribution in [3.8, 4) is 0 Å². The molecule has 2 bridgehead atoms. The summed E-state index contributed by atoms with van der Waals surface area (Å²) in [6.45, 7) is 8.88. The Hall–Kier alpha value is -0.950. The fourth-order valence-electron chi connectivity index (χ4n) is 3.72. The molecule has 1 heterocycles. The fourth-order valence-corrected chi connectivity index (χ4v) is 5.33. The molecule has 2 fully saturated rings. The Bertz CT molecular complexity index is 625. The summed E-state index contributed by atoms with van der Waals surface area (Å²) in [5.41, 5.74) is 4.32. The number of carbonyl (C=O) groups is 1. The summed E-state index contributed by atoms with van der Waals surface area (Å²) < 4.78 is 0.827. The maximum Gasteiger partial charge on any atom is 0.250 e. The predicted molar refractivity (Wildman–Crippen MR) is 90.2 cm³/mol. The first-order valence-corrected chi connectivity index (χ1v) is 9.42. The number of aromatic nitrogens is 2. The number of aryl methyl sites for hydroxylation is 1. The third kappa shape index (κ3) is 2.58. The first kappa shape index (κ1) is 15.9. The van der Waals surface area contributed by atoms with Crippen LogP contribution in [0.15, 0.2) is 9.44 Å². The van der Waals surface area contributed by atoms with Gasteiger partial charge in [0.05, 0.1) is 5.75 Å². The zero-order valence-electron chi connectivity index (χ0n) is 13.5. The van der Waals surface area contributed by atoms with Gasteiger partial charge in [0.1, 0.15) is 5.01 Å². The van der Waals surface area contributed by atoms with Crippen molar-refractivity contribution in [1.29, 1.82) is 0 Å². The van der Waals surface area contributed by atoms with Crippen molar-refractivity contribution in [2.24, 2.45) is 21.8 Å². The number of nitrogens with one attached hydrogen (secondary N) is 1. The standard InChI is InChI=1S/C15H22N4OS2/c1-9-16-19-13(22-9)21-8-12(20)18-17-11-7-10-5-6-15(11,4)14(10,2)3/h10H,5-8H2,1-4H3,(H,18,20)/b17-11+. The number of carbonyl (C=O) groups excluding carboxylic acids is 1. The minimum absolute atomic E-state index is 0.0745. The smallest absolute Gasteiger partial charge is 0.250 e. The molecule has 0 aromatic carbocycles. The number of thioether (sulfide) groups is 1. The van der Waals surface area contributed by atoms with Gasteiger partial charge in [-0.15, -0.1) is 10.2 Å². The molecular formula is C15H22N4OS2. The average Bonchev–Trinajstić information content (AvgIpc) is 3.03. The van der Waals surface area contributed by atoms with E-state index in [0.29, 0.717) is 11.7 Å². The quantitative estimate of drug-likeness (QED) is 0.676. The van der Waals surface area contributed by atoms with Crippen molar-refractivity contribution in [2.45, 2.75) is 51.3 Å². The summed E-state index contributed by atoms with van der Waals surface area (Å²) in [5, 5.41) is 13.3. The van der Waals surface area contributed by atoms with E-state index in [9.17, 15) is 4.79 Å². The van der Waals surface area contributed by atoms with Crippen LogP contribution in [0, 0.1) is 23.7 Å². The molecule has 0 saturated heterocycles. The van der Waals surface area contributed by atoms with Crippen LogP contribution in [0.3, 0.4) is 0 Å². The second-order valence-corrected chi connectivity index (χ2v) is 9.37. The van der Waals surface area contributed by atoms with Crippen LogP contribution in [-0.4, -0.2) is 27.6 Å². The molecule has 3 rings (SSSR count). The lowest BCUT2D eigenvalue weighted by Crippen LogP contribution is -2.34. The zero-order chi connectivity index (χ0) is 16.0. The van der Waals surface area contributed by atoms with Crippen molar-refractivity contribution in [1.82, 2.24) is 15.6 Å². The number of hydrazone groups is 1. The van der Waals surface area contributed by atoms with Crippen molar-refractivity contribution in [2.75, 3.05) is 5.75 Å². The van der Waals surface area contributed by atoms with E-state index in [2.05, 4.69) is 41.5 Å². The number of nitrogens with zero attached hydrogens (tertiary/aromatic N) is 3. The van der Waals surface area contributed by atoms with E-state index in [1.165, 1.54) is 41.7 Å². The minimum atomic E-state index is -0.0745. The molecule has 2 aliphatic carbocycles. The van der Waals surface area contributed by atoms with Crippen LogP contribution in [0.4, 0.5) is 0 Å². The number of rotatable bonds is 4. The Morgan fingerprint density at radius 3 is 2.77 bits per heavy atom. The van der Waals surface area contributed by atoms with Crippen molar-refractivity contribution in [3.05, 3.63) is 5.01 Å². The molecule has 0 aliphatic heterocycles. The van der Waals surface area contributed by atoms with Crippen molar-refractivity contribution in [3.63, 3.8) is 0 Å². The Balaban J connectivity index is 1.57. The number of hydrogen-bond acceptors (Lipinski definition) is 6. The second-order valence-electron chi connectivity index (χ2n) is 6.96. The topological polar surface area (TPSA) is 67.2 Å². The third-order valence-electron chi connectivity index (χ3n) is 5.66. The largest absolute Gasteiger partial charge is 0.272 e. The highest BCUT2D eigenvalue weighted by molar-refractivity contribution is 8.01. The Kier molecular flexibility index (Phi) is 4.05. The van der Waals surface area contributed by atoms with Gasteiger partial charge in [0, 0.05) is 11.1 Å². The van der Waals surface area contributed by atoms with Gasteiger partial charge in [-0.05, 0) is 37.5 Å². The van der Waals surface area contributed by atoms with Crippen molar-refractivity contribution < 1.29 is 4.79 Å². The summed E-state index contributed by atoms with van der Waals surface area (Å²) in [7, 11) is 0. The molecular weight excluding hydrogens is 316 g/mol. The van der Waals surface area contributed by atoms with Gasteiger partial charge in [0.15, 0.2) is 4.34 Å². The zero-order valence-corrected chi connectivity index (χ0v) is 15.1. The van der Waals surface area contributed by atoms with E-state index in [-0.39, 0.29) is 16.7 Å². The molecule has 2 saturated carbocycles. The summed E-state index contributed by atoms with van der Waals surface area (Å²) in [4.78, 5) is 12.0. The van der Waals surface area contributed by atoms with Crippen LogP contribution in [0.5, 0.6) is 0 Å². The fraction of sp³-hybridized carbons (Fsp3) is 0.733. The average molecular weight is 339 g/mol. The van der Waals surface area contributed by atoms with Crippen LogP contribution >= 0.6 is 23.1 Å². The molecule has 1 aromatic heterocycles. The van der Waals surface area contributed by atoms with Crippen LogP contribution < -0.4 is 5.43 Å². The molecule has 1 N–H and O–H groups in total. The summed E-state index contributed by atoms with van der Waals surface area (Å²) in [5.74, 6) is 0.955. The Morgan fingerprint density at radius 2 is 2.23 bits per heavy atom. The van der Waals surface area contributed by atoms with Crippen LogP contribution in [0.1, 0.15) is 45.0 Å². The van der Waals surface area contributed by atoms with Crippen LogP contribution in [0.2, 0.25) is 0 Å². The minimum Gasteiger partial charge on any atom is -0.272 e. The van der Waals surface area contributed by atoms with Gasteiger partial charge in [0.25, 0.3) is 5.91 Å². The maximum atomic E-state index is 12.0. The lowest BCUT2D eigenvalue weighted by molar-refractivity contribution is -0.118. The highest BCUT2D eigenvalue weighted by Crippen LogP contribution is 2.63. The Morgan fingerprint density at radius 1 is 1.45 bits per heavy atom. The molecule has 2 atom stereocenters. The first-order chi connectivity index (χ1) is 10.3. The second kappa shape index (κ2) is 5.60. The normalized spacial score (nSPS) is 30.9. The van der Waals surface area contributed by atoms with E-state index in [1.807, 2.05) is 6.92 Å². The first-order valence-electron chi connectivity index (χ1n) is 7.62. The van der Waals surface area contributed by atoms with Crippen LogP contribution in [0.25, 0.3) is 0 Å². The van der Waals surface area contributed by atoms with E-state index >= 15 is 0 Å². The molecule has 7 heteroatoms. The summed E-state index contributed by atoms with van der Waals surface area (Å²) in [6, 6.07) is 0. The Labute approximate surface area is 139 Å². The van der Waals surface area contributed by atoms with E-state index in [4.69, 9.17) is 0 Å². The molecule has 5 nitrogen and oxygen atoms in total. The molecule has 2 aliphatic rings. The van der Waals surface area contributed by atoms with Gasteiger partial charge in [-0.3, -0.25) is 4.79 Å². The predicted octanol–water partition coefficient (Wildman–Crippen LogP) is 3.26. The molecule has 0 radical (unpaired) electrons. The molecule has 120 valence electrons. The summed E-state index contributed by atoms with van der Waals surface area (Å²) >= 11 is 2.92. The number of amides is 1.